The van der Waals surface area contributed by atoms with Gasteiger partial charge in [-0.15, -0.1) is 0 Å². The van der Waals surface area contributed by atoms with Gasteiger partial charge in [-0.05, 0) is 31.4 Å². The quantitative estimate of drug-likeness (QED) is 0.694. The van der Waals surface area contributed by atoms with E-state index in [1.807, 2.05) is 18.6 Å². The van der Waals surface area contributed by atoms with Gasteiger partial charge in [-0.25, -0.2) is 9.97 Å². The molecular weight excluding hydrogens is 310 g/mol. The Morgan fingerprint density at radius 1 is 1.00 bits per heavy atom. The predicted molar refractivity (Wildman–Crippen MR) is 98.9 cm³/mol. The molecule has 0 spiro atoms. The minimum absolute atomic E-state index is 0.668. The third kappa shape index (κ3) is 3.51. The highest BCUT2D eigenvalue weighted by molar-refractivity contribution is 5.44. The van der Waals surface area contributed by atoms with E-state index in [0.717, 1.165) is 37.8 Å². The first-order valence-electron chi connectivity index (χ1n) is 9.12. The van der Waals surface area contributed by atoms with Crippen LogP contribution >= 0.6 is 0 Å². The Labute approximate surface area is 148 Å². The zero-order chi connectivity index (χ0) is 17.1. The van der Waals surface area contributed by atoms with E-state index in [0.29, 0.717) is 5.92 Å². The van der Waals surface area contributed by atoms with Gasteiger partial charge in [-0.3, -0.25) is 4.90 Å². The van der Waals surface area contributed by atoms with E-state index < -0.39 is 0 Å². The summed E-state index contributed by atoms with van der Waals surface area (Å²) in [7, 11) is 0. The van der Waals surface area contributed by atoms with E-state index in [1.54, 1.807) is 0 Å². The number of hydrogen-bond donors (Lipinski definition) is 0. The molecule has 1 aliphatic rings. The maximum atomic E-state index is 4.56. The van der Waals surface area contributed by atoms with E-state index >= 15 is 0 Å². The second-order valence-corrected chi connectivity index (χ2v) is 6.82. The molecular formula is C20H25N5. The van der Waals surface area contributed by atoms with Crippen molar-refractivity contribution in [2.45, 2.75) is 33.0 Å². The molecule has 0 aliphatic carbocycles. The highest BCUT2D eigenvalue weighted by Crippen LogP contribution is 2.23. The molecule has 1 fully saturated rings. The fourth-order valence-electron chi connectivity index (χ4n) is 3.76. The lowest BCUT2D eigenvalue weighted by Gasteiger charge is -2.17. The molecule has 0 amide bonds. The fraction of sp³-hybridized carbons (Fsp3) is 0.400. The molecule has 1 atom stereocenters. The first kappa shape index (κ1) is 16.1. The van der Waals surface area contributed by atoms with E-state index in [2.05, 4.69) is 67.5 Å². The summed E-state index contributed by atoms with van der Waals surface area (Å²) >= 11 is 0. The summed E-state index contributed by atoms with van der Waals surface area (Å²) in [4.78, 5) is 11.6. The van der Waals surface area contributed by atoms with Crippen LogP contribution in [0.4, 0.5) is 0 Å². The van der Waals surface area contributed by atoms with Gasteiger partial charge < -0.3 is 9.13 Å². The van der Waals surface area contributed by atoms with Crippen LogP contribution in [-0.4, -0.2) is 37.1 Å². The molecule has 0 bridgehead atoms. The molecule has 0 unspecified atom stereocenters. The molecule has 130 valence electrons. The number of rotatable bonds is 6. The van der Waals surface area contributed by atoms with Crippen LogP contribution in [0.25, 0.3) is 11.6 Å². The van der Waals surface area contributed by atoms with E-state index in [-0.39, 0.29) is 0 Å². The van der Waals surface area contributed by atoms with Crippen molar-refractivity contribution in [3.63, 3.8) is 0 Å². The molecule has 0 saturated carbocycles. The van der Waals surface area contributed by atoms with E-state index in [4.69, 9.17) is 0 Å². The van der Waals surface area contributed by atoms with Crippen molar-refractivity contribution in [1.82, 2.24) is 24.0 Å². The monoisotopic (exact) mass is 335 g/mol. The lowest BCUT2D eigenvalue weighted by molar-refractivity contribution is 0.309. The standard InChI is InChI=1S/C20H25N5/c1-2-24-12-9-21-19(24)20-22-10-13-25(20)16-18-8-11-23(15-18)14-17-6-4-3-5-7-17/h3-7,9-10,12-13,18H,2,8,11,14-16H2,1H3/t18-/m1/s1. The molecule has 2 aromatic heterocycles. The third-order valence-corrected chi connectivity index (χ3v) is 5.05. The number of imidazole rings is 2. The normalized spacial score (nSPS) is 18.0. The summed E-state index contributed by atoms with van der Waals surface area (Å²) in [5, 5.41) is 0. The summed E-state index contributed by atoms with van der Waals surface area (Å²) < 4.78 is 4.42. The van der Waals surface area contributed by atoms with Crippen molar-refractivity contribution in [3.05, 3.63) is 60.7 Å². The van der Waals surface area contributed by atoms with Gasteiger partial charge in [-0.2, -0.15) is 0 Å². The van der Waals surface area contributed by atoms with Crippen molar-refractivity contribution in [1.29, 1.82) is 0 Å². The van der Waals surface area contributed by atoms with Crippen molar-refractivity contribution in [3.8, 4) is 11.6 Å². The smallest absolute Gasteiger partial charge is 0.176 e. The van der Waals surface area contributed by atoms with Gasteiger partial charge in [0.25, 0.3) is 0 Å². The summed E-state index contributed by atoms with van der Waals surface area (Å²) in [6, 6.07) is 10.8. The van der Waals surface area contributed by atoms with Crippen LogP contribution in [0.15, 0.2) is 55.1 Å². The van der Waals surface area contributed by atoms with Crippen LogP contribution in [-0.2, 0) is 19.6 Å². The van der Waals surface area contributed by atoms with Crippen molar-refractivity contribution in [2.24, 2.45) is 5.92 Å². The Morgan fingerprint density at radius 3 is 2.48 bits per heavy atom. The van der Waals surface area contributed by atoms with Gasteiger partial charge in [0, 0.05) is 51.0 Å². The molecule has 1 saturated heterocycles. The molecule has 5 nitrogen and oxygen atoms in total. The average molecular weight is 335 g/mol. The van der Waals surface area contributed by atoms with Gasteiger partial charge in [0.2, 0.25) is 0 Å². The number of aryl methyl sites for hydroxylation is 1. The van der Waals surface area contributed by atoms with E-state index in [1.165, 1.54) is 18.5 Å². The zero-order valence-corrected chi connectivity index (χ0v) is 14.8. The Morgan fingerprint density at radius 2 is 1.72 bits per heavy atom. The second-order valence-electron chi connectivity index (χ2n) is 6.82. The average Bonchev–Trinajstić information content (AvgIpc) is 3.36. The highest BCUT2D eigenvalue weighted by atomic mass is 15.2. The largest absolute Gasteiger partial charge is 0.329 e. The summed E-state index contributed by atoms with van der Waals surface area (Å²) in [6.45, 7) is 7.43. The molecule has 0 radical (unpaired) electrons. The molecule has 5 heteroatoms. The van der Waals surface area contributed by atoms with Crippen LogP contribution in [0, 0.1) is 5.92 Å². The molecule has 4 rings (SSSR count). The molecule has 0 N–H and O–H groups in total. The number of likely N-dealkylation sites (tertiary alicyclic amines) is 1. The van der Waals surface area contributed by atoms with Gasteiger partial charge in [0.1, 0.15) is 0 Å². The number of aromatic nitrogens is 4. The van der Waals surface area contributed by atoms with Crippen molar-refractivity contribution < 1.29 is 0 Å². The number of nitrogens with zero attached hydrogens (tertiary/aromatic N) is 5. The van der Waals surface area contributed by atoms with Crippen LogP contribution in [0.1, 0.15) is 18.9 Å². The minimum Gasteiger partial charge on any atom is -0.329 e. The first-order valence-corrected chi connectivity index (χ1v) is 9.12. The van der Waals surface area contributed by atoms with Crippen LogP contribution < -0.4 is 0 Å². The van der Waals surface area contributed by atoms with Gasteiger partial charge in [0.15, 0.2) is 11.6 Å². The fourth-order valence-corrected chi connectivity index (χ4v) is 3.76. The minimum atomic E-state index is 0.668. The zero-order valence-electron chi connectivity index (χ0n) is 14.8. The Hall–Kier alpha value is -2.40. The SMILES string of the molecule is CCn1ccnc1-c1nccn1C[C@@H]1CCN(Cc2ccccc2)C1. The topological polar surface area (TPSA) is 38.9 Å². The van der Waals surface area contributed by atoms with Crippen molar-refractivity contribution >= 4 is 0 Å². The lowest BCUT2D eigenvalue weighted by atomic mass is 10.1. The molecule has 1 aromatic carbocycles. The molecule has 25 heavy (non-hydrogen) atoms. The Kier molecular flexibility index (Phi) is 4.65. The maximum absolute atomic E-state index is 4.56. The molecule has 3 heterocycles. The maximum Gasteiger partial charge on any atom is 0.176 e. The van der Waals surface area contributed by atoms with Gasteiger partial charge in [0.05, 0.1) is 0 Å². The number of benzene rings is 1. The second kappa shape index (κ2) is 7.23. The molecule has 3 aromatic rings. The third-order valence-electron chi connectivity index (χ3n) is 5.05. The van der Waals surface area contributed by atoms with Crippen LogP contribution in [0.2, 0.25) is 0 Å². The van der Waals surface area contributed by atoms with E-state index in [9.17, 15) is 0 Å². The Balaban J connectivity index is 1.42. The van der Waals surface area contributed by atoms with Crippen LogP contribution in [0.5, 0.6) is 0 Å². The van der Waals surface area contributed by atoms with Gasteiger partial charge >= 0.3 is 0 Å². The van der Waals surface area contributed by atoms with Crippen LogP contribution in [0.3, 0.4) is 0 Å². The Bertz CT molecular complexity index is 804. The lowest BCUT2D eigenvalue weighted by Crippen LogP contribution is -2.21. The first-order chi connectivity index (χ1) is 12.3. The molecule has 1 aliphatic heterocycles. The highest BCUT2D eigenvalue weighted by Gasteiger charge is 2.24. The summed E-state index contributed by atoms with van der Waals surface area (Å²) in [5.41, 5.74) is 1.40. The summed E-state index contributed by atoms with van der Waals surface area (Å²) in [6.07, 6.45) is 9.10. The predicted octanol–water partition coefficient (Wildman–Crippen LogP) is 3.29. The van der Waals surface area contributed by atoms with Crippen molar-refractivity contribution in [2.75, 3.05) is 13.1 Å². The number of hydrogen-bond acceptors (Lipinski definition) is 3. The summed E-state index contributed by atoms with van der Waals surface area (Å²) in [5.74, 6) is 2.61. The van der Waals surface area contributed by atoms with Gasteiger partial charge in [-0.1, -0.05) is 30.3 Å².